The molecule has 2 aliphatic rings. The van der Waals surface area contributed by atoms with E-state index < -0.39 is 0 Å². The molecule has 1 aliphatic carbocycles. The van der Waals surface area contributed by atoms with Crippen molar-refractivity contribution < 1.29 is 0 Å². The summed E-state index contributed by atoms with van der Waals surface area (Å²) in [4.78, 5) is 4.15. The van der Waals surface area contributed by atoms with Crippen LogP contribution in [0.2, 0.25) is 0 Å². The van der Waals surface area contributed by atoms with Crippen LogP contribution in [0.15, 0.2) is 17.5 Å². The standard InChI is InChI=1S/C11H16N2S/c1-2-11(14-7-1)10-8-13(6-5-12-10)9-3-4-9/h1-2,7,9-10,12H,3-6,8H2/t10-/m1/s1. The zero-order valence-electron chi connectivity index (χ0n) is 8.28. The molecule has 3 rings (SSSR count). The van der Waals surface area contributed by atoms with E-state index >= 15 is 0 Å². The molecular formula is C11H16N2S. The average molecular weight is 208 g/mol. The van der Waals surface area contributed by atoms with Gasteiger partial charge in [-0.1, -0.05) is 6.07 Å². The third-order valence-corrected chi connectivity index (χ3v) is 4.14. The molecule has 1 atom stereocenters. The third kappa shape index (κ3) is 1.72. The van der Waals surface area contributed by atoms with Gasteiger partial charge in [-0.2, -0.15) is 0 Å². The van der Waals surface area contributed by atoms with Crippen LogP contribution in [0, 0.1) is 0 Å². The van der Waals surface area contributed by atoms with Crippen LogP contribution in [-0.2, 0) is 0 Å². The molecule has 0 aromatic carbocycles. The van der Waals surface area contributed by atoms with Crippen LogP contribution >= 0.6 is 11.3 Å². The number of thiophene rings is 1. The monoisotopic (exact) mass is 208 g/mol. The van der Waals surface area contributed by atoms with Gasteiger partial charge in [-0.05, 0) is 24.3 Å². The molecule has 3 heteroatoms. The molecule has 1 N–H and O–H groups in total. The molecule has 1 aromatic rings. The number of piperazine rings is 1. The van der Waals surface area contributed by atoms with Crippen LogP contribution in [0.4, 0.5) is 0 Å². The van der Waals surface area contributed by atoms with E-state index in [0.29, 0.717) is 6.04 Å². The molecule has 14 heavy (non-hydrogen) atoms. The number of rotatable bonds is 2. The summed E-state index contributed by atoms with van der Waals surface area (Å²) in [5, 5.41) is 5.78. The van der Waals surface area contributed by atoms with Gasteiger partial charge in [-0.15, -0.1) is 11.3 Å². The van der Waals surface area contributed by atoms with Crippen LogP contribution in [0.5, 0.6) is 0 Å². The van der Waals surface area contributed by atoms with E-state index in [2.05, 4.69) is 27.7 Å². The van der Waals surface area contributed by atoms with Crippen molar-refractivity contribution in [1.82, 2.24) is 10.2 Å². The first-order chi connectivity index (χ1) is 6.93. The first kappa shape index (κ1) is 8.89. The van der Waals surface area contributed by atoms with Gasteiger partial charge in [0.05, 0.1) is 6.04 Å². The van der Waals surface area contributed by atoms with Gasteiger partial charge < -0.3 is 5.32 Å². The second-order valence-corrected chi connectivity index (χ2v) is 5.23. The summed E-state index contributed by atoms with van der Waals surface area (Å²) in [6.45, 7) is 3.61. The van der Waals surface area contributed by atoms with Crippen molar-refractivity contribution in [2.75, 3.05) is 19.6 Å². The lowest BCUT2D eigenvalue weighted by molar-refractivity contribution is 0.193. The van der Waals surface area contributed by atoms with E-state index in [4.69, 9.17) is 0 Å². The lowest BCUT2D eigenvalue weighted by Crippen LogP contribution is -2.46. The van der Waals surface area contributed by atoms with Crippen LogP contribution in [-0.4, -0.2) is 30.6 Å². The maximum absolute atomic E-state index is 3.60. The van der Waals surface area contributed by atoms with E-state index in [0.717, 1.165) is 12.6 Å². The molecule has 2 nitrogen and oxygen atoms in total. The van der Waals surface area contributed by atoms with E-state index in [1.807, 2.05) is 11.3 Å². The second-order valence-electron chi connectivity index (χ2n) is 4.25. The van der Waals surface area contributed by atoms with E-state index in [1.54, 1.807) is 0 Å². The maximum atomic E-state index is 3.60. The van der Waals surface area contributed by atoms with Crippen LogP contribution in [0.3, 0.4) is 0 Å². The Balaban J connectivity index is 1.69. The summed E-state index contributed by atoms with van der Waals surface area (Å²) in [6.07, 6.45) is 2.86. The molecular weight excluding hydrogens is 192 g/mol. The predicted molar refractivity (Wildman–Crippen MR) is 59.7 cm³/mol. The van der Waals surface area contributed by atoms with Gasteiger partial charge in [0.25, 0.3) is 0 Å². The van der Waals surface area contributed by atoms with Crippen LogP contribution in [0.1, 0.15) is 23.8 Å². The smallest absolute Gasteiger partial charge is 0.0544 e. The normalized spacial score (nSPS) is 29.3. The molecule has 1 aliphatic heterocycles. The lowest BCUT2D eigenvalue weighted by atomic mass is 10.2. The summed E-state index contributed by atoms with van der Waals surface area (Å²) in [5.74, 6) is 0. The minimum atomic E-state index is 0.587. The lowest BCUT2D eigenvalue weighted by Gasteiger charge is -2.33. The van der Waals surface area contributed by atoms with Crippen molar-refractivity contribution in [1.29, 1.82) is 0 Å². The Kier molecular flexibility index (Phi) is 2.32. The molecule has 1 saturated heterocycles. The predicted octanol–water partition coefficient (Wildman–Crippen LogP) is 1.86. The summed E-state index contributed by atoms with van der Waals surface area (Å²) in [6, 6.07) is 5.90. The zero-order valence-corrected chi connectivity index (χ0v) is 9.09. The van der Waals surface area contributed by atoms with Crippen molar-refractivity contribution in [3.8, 4) is 0 Å². The summed E-state index contributed by atoms with van der Waals surface area (Å²) >= 11 is 1.87. The molecule has 0 amide bonds. The second kappa shape index (κ2) is 3.65. The highest BCUT2D eigenvalue weighted by Gasteiger charge is 2.32. The Hall–Kier alpha value is -0.380. The van der Waals surface area contributed by atoms with Crippen LogP contribution in [0.25, 0.3) is 0 Å². The van der Waals surface area contributed by atoms with Crippen molar-refractivity contribution in [2.45, 2.75) is 24.9 Å². The molecule has 0 radical (unpaired) electrons. The van der Waals surface area contributed by atoms with Crippen molar-refractivity contribution in [2.24, 2.45) is 0 Å². The van der Waals surface area contributed by atoms with Gasteiger partial charge >= 0.3 is 0 Å². The number of hydrogen-bond acceptors (Lipinski definition) is 3. The number of nitrogens with one attached hydrogen (secondary N) is 1. The topological polar surface area (TPSA) is 15.3 Å². The van der Waals surface area contributed by atoms with Crippen molar-refractivity contribution in [3.63, 3.8) is 0 Å². The first-order valence-corrected chi connectivity index (χ1v) is 6.32. The highest BCUT2D eigenvalue weighted by Crippen LogP contribution is 2.30. The molecule has 1 saturated carbocycles. The minimum absolute atomic E-state index is 0.587. The fourth-order valence-corrected chi connectivity index (χ4v) is 3.02. The number of hydrogen-bond donors (Lipinski definition) is 1. The average Bonchev–Trinajstić information content (AvgIpc) is 2.94. The largest absolute Gasteiger partial charge is 0.307 e. The quantitative estimate of drug-likeness (QED) is 0.798. The molecule has 0 spiro atoms. The van der Waals surface area contributed by atoms with Gasteiger partial charge in [0.1, 0.15) is 0 Å². The summed E-state index contributed by atoms with van der Waals surface area (Å²) in [5.41, 5.74) is 0. The van der Waals surface area contributed by atoms with Gasteiger partial charge in [-0.25, -0.2) is 0 Å². The number of nitrogens with zero attached hydrogens (tertiary/aromatic N) is 1. The molecule has 1 aromatic heterocycles. The van der Waals surface area contributed by atoms with E-state index in [-0.39, 0.29) is 0 Å². The van der Waals surface area contributed by atoms with Gasteiger partial charge in [-0.3, -0.25) is 4.90 Å². The highest BCUT2D eigenvalue weighted by atomic mass is 32.1. The summed E-state index contributed by atoms with van der Waals surface area (Å²) in [7, 11) is 0. The molecule has 2 fully saturated rings. The SMILES string of the molecule is c1csc([C@H]2CN(C3CC3)CCN2)c1. The van der Waals surface area contributed by atoms with Crippen LogP contribution < -0.4 is 5.32 Å². The highest BCUT2D eigenvalue weighted by molar-refractivity contribution is 7.10. The molecule has 0 bridgehead atoms. The molecule has 2 heterocycles. The zero-order chi connectivity index (χ0) is 9.38. The minimum Gasteiger partial charge on any atom is -0.307 e. The van der Waals surface area contributed by atoms with Gasteiger partial charge in [0.15, 0.2) is 0 Å². The Labute approximate surface area is 88.9 Å². The Morgan fingerprint density at radius 1 is 1.43 bits per heavy atom. The maximum Gasteiger partial charge on any atom is 0.0544 e. The Morgan fingerprint density at radius 3 is 3.07 bits per heavy atom. The Morgan fingerprint density at radius 2 is 2.36 bits per heavy atom. The Bertz CT molecular complexity index is 292. The third-order valence-electron chi connectivity index (χ3n) is 3.16. The van der Waals surface area contributed by atoms with E-state index in [1.165, 1.54) is 30.8 Å². The van der Waals surface area contributed by atoms with Gasteiger partial charge in [0.2, 0.25) is 0 Å². The molecule has 0 unspecified atom stereocenters. The van der Waals surface area contributed by atoms with Crippen molar-refractivity contribution >= 4 is 11.3 Å². The summed E-state index contributed by atoms with van der Waals surface area (Å²) < 4.78 is 0. The fraction of sp³-hybridized carbons (Fsp3) is 0.636. The van der Waals surface area contributed by atoms with Gasteiger partial charge in [0, 0.05) is 30.6 Å². The molecule has 76 valence electrons. The first-order valence-electron chi connectivity index (χ1n) is 5.44. The van der Waals surface area contributed by atoms with E-state index in [9.17, 15) is 0 Å². The van der Waals surface area contributed by atoms with Crippen molar-refractivity contribution in [3.05, 3.63) is 22.4 Å². The fourth-order valence-electron chi connectivity index (χ4n) is 2.22.